The number of hydrogen-bond acceptors (Lipinski definition) is 2. The van der Waals surface area contributed by atoms with E-state index in [1.165, 1.54) is 5.56 Å². The summed E-state index contributed by atoms with van der Waals surface area (Å²) in [6, 6.07) is 16.0. The van der Waals surface area contributed by atoms with E-state index in [0.29, 0.717) is 25.8 Å². The van der Waals surface area contributed by atoms with Crippen LogP contribution in [0.25, 0.3) is 0 Å². The standard InChI is InChI=1S/C25H34N2O2/c1-6-23(25(29)26-18(2)3)27(17-22-9-7-8-20(5)16-22)24(28)15-14-21-12-10-19(4)11-13-21/h7-13,16,18,23H,6,14-15,17H2,1-5H3,(H,26,29)/t23-/m0/s1. The molecule has 0 aliphatic carbocycles. The Morgan fingerprint density at radius 1 is 0.966 bits per heavy atom. The molecule has 0 fully saturated rings. The van der Waals surface area contributed by atoms with Crippen LogP contribution in [0, 0.1) is 13.8 Å². The highest BCUT2D eigenvalue weighted by atomic mass is 16.2. The quantitative estimate of drug-likeness (QED) is 0.677. The van der Waals surface area contributed by atoms with E-state index in [1.807, 2.05) is 45.9 Å². The predicted octanol–water partition coefficient (Wildman–Crippen LogP) is 4.57. The lowest BCUT2D eigenvalue weighted by Gasteiger charge is -2.31. The van der Waals surface area contributed by atoms with Crippen molar-refractivity contribution in [1.29, 1.82) is 0 Å². The second-order valence-electron chi connectivity index (χ2n) is 8.08. The van der Waals surface area contributed by atoms with E-state index in [1.54, 1.807) is 4.90 Å². The maximum absolute atomic E-state index is 13.2. The van der Waals surface area contributed by atoms with E-state index in [-0.39, 0.29) is 17.9 Å². The first-order valence-electron chi connectivity index (χ1n) is 10.5. The number of carbonyl (C=O) groups is 2. The lowest BCUT2D eigenvalue weighted by atomic mass is 10.0. The number of nitrogens with zero attached hydrogens (tertiary/aromatic N) is 1. The first kappa shape index (κ1) is 22.7. The van der Waals surface area contributed by atoms with Crippen LogP contribution in [0.2, 0.25) is 0 Å². The molecular weight excluding hydrogens is 360 g/mol. The third-order valence-corrected chi connectivity index (χ3v) is 5.00. The van der Waals surface area contributed by atoms with Crippen LogP contribution in [0.5, 0.6) is 0 Å². The van der Waals surface area contributed by atoms with Gasteiger partial charge in [-0.15, -0.1) is 0 Å². The summed E-state index contributed by atoms with van der Waals surface area (Å²) in [6.45, 7) is 10.4. The molecule has 4 nitrogen and oxygen atoms in total. The highest BCUT2D eigenvalue weighted by molar-refractivity contribution is 5.87. The van der Waals surface area contributed by atoms with Crippen molar-refractivity contribution in [2.45, 2.75) is 72.5 Å². The molecule has 0 aliphatic rings. The fourth-order valence-corrected chi connectivity index (χ4v) is 3.46. The first-order chi connectivity index (χ1) is 13.8. The summed E-state index contributed by atoms with van der Waals surface area (Å²) in [5.74, 6) is -0.0725. The van der Waals surface area contributed by atoms with Crippen LogP contribution in [-0.4, -0.2) is 28.8 Å². The van der Waals surface area contributed by atoms with Gasteiger partial charge in [0.05, 0.1) is 0 Å². The topological polar surface area (TPSA) is 49.4 Å². The second-order valence-corrected chi connectivity index (χ2v) is 8.08. The Morgan fingerprint density at radius 2 is 1.66 bits per heavy atom. The van der Waals surface area contributed by atoms with Gasteiger partial charge in [-0.1, -0.05) is 66.6 Å². The summed E-state index contributed by atoms with van der Waals surface area (Å²) in [5.41, 5.74) is 4.54. The molecule has 0 aliphatic heterocycles. The molecule has 0 saturated heterocycles. The predicted molar refractivity (Wildman–Crippen MR) is 119 cm³/mol. The minimum absolute atomic E-state index is 0.0119. The Morgan fingerprint density at radius 3 is 2.24 bits per heavy atom. The minimum Gasteiger partial charge on any atom is -0.352 e. The van der Waals surface area contributed by atoms with Crippen LogP contribution < -0.4 is 5.32 Å². The SMILES string of the molecule is CC[C@@H](C(=O)NC(C)C)N(Cc1cccc(C)c1)C(=O)CCc1ccc(C)cc1. The van der Waals surface area contributed by atoms with Gasteiger partial charge in [-0.2, -0.15) is 0 Å². The average molecular weight is 395 g/mol. The normalized spacial score (nSPS) is 11.9. The van der Waals surface area contributed by atoms with Crippen molar-refractivity contribution in [3.63, 3.8) is 0 Å². The van der Waals surface area contributed by atoms with Crippen molar-refractivity contribution in [2.75, 3.05) is 0 Å². The fraction of sp³-hybridized carbons (Fsp3) is 0.440. The molecule has 0 unspecified atom stereocenters. The number of carbonyl (C=O) groups excluding carboxylic acids is 2. The molecule has 2 aromatic carbocycles. The molecular formula is C25H34N2O2. The number of rotatable bonds is 9. The highest BCUT2D eigenvalue weighted by Gasteiger charge is 2.28. The third kappa shape index (κ3) is 7.04. The van der Waals surface area contributed by atoms with Gasteiger partial charge >= 0.3 is 0 Å². The highest BCUT2D eigenvalue weighted by Crippen LogP contribution is 2.16. The molecule has 1 N–H and O–H groups in total. The maximum Gasteiger partial charge on any atom is 0.243 e. The second kappa shape index (κ2) is 10.8. The van der Waals surface area contributed by atoms with Gasteiger partial charge in [-0.25, -0.2) is 0 Å². The zero-order chi connectivity index (χ0) is 21.4. The van der Waals surface area contributed by atoms with Crippen molar-refractivity contribution >= 4 is 11.8 Å². The minimum atomic E-state index is -0.469. The van der Waals surface area contributed by atoms with Crippen molar-refractivity contribution in [2.24, 2.45) is 0 Å². The zero-order valence-corrected chi connectivity index (χ0v) is 18.4. The summed E-state index contributed by atoms with van der Waals surface area (Å²) in [7, 11) is 0. The fourth-order valence-electron chi connectivity index (χ4n) is 3.46. The van der Waals surface area contributed by atoms with Crippen molar-refractivity contribution in [1.82, 2.24) is 10.2 Å². The van der Waals surface area contributed by atoms with Crippen LogP contribution in [0.4, 0.5) is 0 Å². The van der Waals surface area contributed by atoms with Crippen LogP contribution >= 0.6 is 0 Å². The zero-order valence-electron chi connectivity index (χ0n) is 18.4. The molecule has 156 valence electrons. The van der Waals surface area contributed by atoms with Gasteiger partial charge in [0.2, 0.25) is 11.8 Å². The van der Waals surface area contributed by atoms with Crippen LogP contribution in [0.1, 0.15) is 55.9 Å². The molecule has 1 atom stereocenters. The molecule has 0 bridgehead atoms. The number of hydrogen-bond donors (Lipinski definition) is 1. The molecule has 4 heteroatoms. The van der Waals surface area contributed by atoms with Gasteiger partial charge in [0.25, 0.3) is 0 Å². The third-order valence-electron chi connectivity index (χ3n) is 5.00. The Bertz CT molecular complexity index is 812. The lowest BCUT2D eigenvalue weighted by Crippen LogP contribution is -2.50. The lowest BCUT2D eigenvalue weighted by molar-refractivity contribution is -0.141. The molecule has 0 heterocycles. The van der Waals surface area contributed by atoms with Crippen LogP contribution in [0.15, 0.2) is 48.5 Å². The van der Waals surface area contributed by atoms with Gasteiger partial charge in [-0.05, 0) is 51.7 Å². The smallest absolute Gasteiger partial charge is 0.243 e. The Kier molecular flexibility index (Phi) is 8.44. The van der Waals surface area contributed by atoms with Gasteiger partial charge in [0.15, 0.2) is 0 Å². The first-order valence-corrected chi connectivity index (χ1v) is 10.5. The molecule has 0 aromatic heterocycles. The van der Waals surface area contributed by atoms with Crippen LogP contribution in [0.3, 0.4) is 0 Å². The Balaban J connectivity index is 2.20. The molecule has 2 rings (SSSR count). The van der Waals surface area contributed by atoms with Gasteiger partial charge in [0.1, 0.15) is 6.04 Å². The summed E-state index contributed by atoms with van der Waals surface area (Å²) < 4.78 is 0. The van der Waals surface area contributed by atoms with Gasteiger partial charge in [-0.3, -0.25) is 9.59 Å². The van der Waals surface area contributed by atoms with E-state index in [4.69, 9.17) is 0 Å². The summed E-state index contributed by atoms with van der Waals surface area (Å²) in [6.07, 6.45) is 1.65. The molecule has 0 spiro atoms. The number of benzene rings is 2. The maximum atomic E-state index is 13.2. The number of nitrogens with one attached hydrogen (secondary N) is 1. The molecule has 0 radical (unpaired) electrons. The van der Waals surface area contributed by atoms with Crippen molar-refractivity contribution in [3.8, 4) is 0 Å². The van der Waals surface area contributed by atoms with Crippen molar-refractivity contribution in [3.05, 3.63) is 70.8 Å². The van der Waals surface area contributed by atoms with Gasteiger partial charge in [0, 0.05) is 19.0 Å². The summed E-state index contributed by atoms with van der Waals surface area (Å²) >= 11 is 0. The Hall–Kier alpha value is -2.62. The number of amides is 2. The Labute approximate surface area is 175 Å². The summed E-state index contributed by atoms with van der Waals surface area (Å²) in [5, 5.41) is 2.97. The average Bonchev–Trinajstić information content (AvgIpc) is 2.66. The summed E-state index contributed by atoms with van der Waals surface area (Å²) in [4.78, 5) is 27.8. The molecule has 0 saturated carbocycles. The largest absolute Gasteiger partial charge is 0.352 e. The monoisotopic (exact) mass is 394 g/mol. The van der Waals surface area contributed by atoms with Crippen LogP contribution in [-0.2, 0) is 22.6 Å². The number of aryl methyl sites for hydroxylation is 3. The van der Waals surface area contributed by atoms with E-state index < -0.39 is 6.04 Å². The van der Waals surface area contributed by atoms with Crippen molar-refractivity contribution < 1.29 is 9.59 Å². The molecule has 2 aromatic rings. The van der Waals surface area contributed by atoms with E-state index in [2.05, 4.69) is 42.6 Å². The molecule has 29 heavy (non-hydrogen) atoms. The van der Waals surface area contributed by atoms with E-state index in [9.17, 15) is 9.59 Å². The van der Waals surface area contributed by atoms with E-state index in [0.717, 1.165) is 16.7 Å². The molecule has 2 amide bonds. The van der Waals surface area contributed by atoms with Gasteiger partial charge < -0.3 is 10.2 Å². The van der Waals surface area contributed by atoms with E-state index >= 15 is 0 Å².